The van der Waals surface area contributed by atoms with Crippen molar-refractivity contribution in [1.82, 2.24) is 14.4 Å². The molecular formula is C12H15N3O4. The number of aromatic hydroxyl groups is 2. The Balaban J connectivity index is 2.19. The molecule has 0 radical (unpaired) electrons. The lowest BCUT2D eigenvalue weighted by Gasteiger charge is -2.36. The quantitative estimate of drug-likeness (QED) is 0.652. The molecule has 7 nitrogen and oxygen atoms in total. The summed E-state index contributed by atoms with van der Waals surface area (Å²) in [6.07, 6.45) is 1.10. The van der Waals surface area contributed by atoms with Crippen molar-refractivity contribution in [3.8, 4) is 11.5 Å². The van der Waals surface area contributed by atoms with E-state index in [9.17, 15) is 19.8 Å². The van der Waals surface area contributed by atoms with E-state index >= 15 is 0 Å². The van der Waals surface area contributed by atoms with E-state index < -0.39 is 16.9 Å². The molecule has 102 valence electrons. The van der Waals surface area contributed by atoms with Crippen molar-refractivity contribution < 1.29 is 15.0 Å². The summed E-state index contributed by atoms with van der Waals surface area (Å²) in [7, 11) is 1.92. The van der Waals surface area contributed by atoms with Crippen LogP contribution in [0.5, 0.6) is 11.5 Å². The van der Waals surface area contributed by atoms with Crippen LogP contribution < -0.4 is 5.43 Å². The molecule has 2 N–H and O–H groups in total. The molecule has 2 aliphatic heterocycles. The van der Waals surface area contributed by atoms with Crippen LogP contribution in [0.3, 0.4) is 0 Å². The Morgan fingerprint density at radius 3 is 2.63 bits per heavy atom. The Hall–Kier alpha value is -2.02. The second kappa shape index (κ2) is 3.74. The van der Waals surface area contributed by atoms with Gasteiger partial charge in [0.15, 0.2) is 17.2 Å². The number of hydrogen-bond donors (Lipinski definition) is 2. The molecular weight excluding hydrogens is 250 g/mol. The SMILES string of the molecule is C[C@H]1CN(C)C2Cn3cc(O)c(=O)c(O)c3C(=O)N21. The van der Waals surface area contributed by atoms with E-state index in [2.05, 4.69) is 0 Å². The van der Waals surface area contributed by atoms with Crippen LogP contribution in [0.4, 0.5) is 0 Å². The second-order valence-corrected chi connectivity index (χ2v) is 5.17. The molecule has 0 aromatic carbocycles. The van der Waals surface area contributed by atoms with Gasteiger partial charge in [-0.2, -0.15) is 0 Å². The van der Waals surface area contributed by atoms with Gasteiger partial charge in [-0.25, -0.2) is 0 Å². The van der Waals surface area contributed by atoms with Crippen molar-refractivity contribution in [2.24, 2.45) is 0 Å². The number of rotatable bonds is 0. The number of hydrogen-bond acceptors (Lipinski definition) is 5. The van der Waals surface area contributed by atoms with Crippen LogP contribution in [0.1, 0.15) is 17.4 Å². The van der Waals surface area contributed by atoms with Crippen molar-refractivity contribution in [3.63, 3.8) is 0 Å². The molecule has 1 amide bonds. The zero-order valence-corrected chi connectivity index (χ0v) is 10.7. The Kier molecular flexibility index (Phi) is 2.37. The first kappa shape index (κ1) is 12.0. The molecule has 1 unspecified atom stereocenters. The van der Waals surface area contributed by atoms with Crippen molar-refractivity contribution in [3.05, 3.63) is 22.1 Å². The molecule has 1 fully saturated rings. The lowest BCUT2D eigenvalue weighted by atomic mass is 10.1. The number of carbonyl (C=O) groups is 1. The van der Waals surface area contributed by atoms with Gasteiger partial charge in [0.2, 0.25) is 0 Å². The number of likely N-dealkylation sites (N-methyl/N-ethyl adjacent to an activating group) is 1. The summed E-state index contributed by atoms with van der Waals surface area (Å²) in [5, 5.41) is 19.3. The summed E-state index contributed by atoms with van der Waals surface area (Å²) in [6, 6.07) is 0.0274. The van der Waals surface area contributed by atoms with E-state index in [0.29, 0.717) is 6.54 Å². The molecule has 0 spiro atoms. The lowest BCUT2D eigenvalue weighted by molar-refractivity contribution is 0.0487. The first-order chi connectivity index (χ1) is 8.91. The van der Waals surface area contributed by atoms with Gasteiger partial charge < -0.3 is 19.7 Å². The van der Waals surface area contributed by atoms with E-state index in [0.717, 1.165) is 6.54 Å². The fraction of sp³-hybridized carbons (Fsp3) is 0.500. The molecule has 0 bridgehead atoms. The summed E-state index contributed by atoms with van der Waals surface area (Å²) < 4.78 is 1.45. The minimum Gasteiger partial charge on any atom is -0.503 e. The van der Waals surface area contributed by atoms with Crippen LogP contribution in [0.15, 0.2) is 11.0 Å². The fourth-order valence-corrected chi connectivity index (χ4v) is 3.00. The number of pyridine rings is 1. The first-order valence-corrected chi connectivity index (χ1v) is 6.10. The summed E-state index contributed by atoms with van der Waals surface area (Å²) in [5.74, 6) is -1.59. The van der Waals surface area contributed by atoms with Gasteiger partial charge in [0.1, 0.15) is 6.17 Å². The summed E-state index contributed by atoms with van der Waals surface area (Å²) in [4.78, 5) is 27.7. The smallest absolute Gasteiger partial charge is 0.276 e. The third-order valence-electron chi connectivity index (χ3n) is 3.89. The van der Waals surface area contributed by atoms with E-state index in [1.165, 1.54) is 10.8 Å². The van der Waals surface area contributed by atoms with E-state index in [1.807, 2.05) is 18.9 Å². The number of aromatic nitrogens is 1. The molecule has 2 aliphatic rings. The maximum atomic E-state index is 12.4. The average Bonchev–Trinajstić information content (AvgIpc) is 2.62. The fourth-order valence-electron chi connectivity index (χ4n) is 3.00. The summed E-state index contributed by atoms with van der Waals surface area (Å²) >= 11 is 0. The normalized spacial score (nSPS) is 26.4. The number of amides is 1. The van der Waals surface area contributed by atoms with Crippen LogP contribution in [-0.4, -0.2) is 56.3 Å². The van der Waals surface area contributed by atoms with Gasteiger partial charge in [-0.05, 0) is 14.0 Å². The van der Waals surface area contributed by atoms with Crippen molar-refractivity contribution >= 4 is 5.91 Å². The monoisotopic (exact) mass is 265 g/mol. The zero-order valence-electron chi connectivity index (χ0n) is 10.7. The Morgan fingerprint density at radius 2 is 1.95 bits per heavy atom. The Morgan fingerprint density at radius 1 is 1.26 bits per heavy atom. The van der Waals surface area contributed by atoms with E-state index in [4.69, 9.17) is 0 Å². The van der Waals surface area contributed by atoms with Gasteiger partial charge >= 0.3 is 0 Å². The highest BCUT2D eigenvalue weighted by atomic mass is 16.3. The zero-order chi connectivity index (χ0) is 13.9. The predicted octanol–water partition coefficient (Wildman–Crippen LogP) is -0.625. The van der Waals surface area contributed by atoms with Crippen molar-refractivity contribution in [2.75, 3.05) is 13.6 Å². The number of nitrogens with zero attached hydrogens (tertiary/aromatic N) is 3. The van der Waals surface area contributed by atoms with Crippen LogP contribution in [0, 0.1) is 0 Å². The van der Waals surface area contributed by atoms with Crippen LogP contribution in [-0.2, 0) is 6.54 Å². The highest BCUT2D eigenvalue weighted by Gasteiger charge is 2.44. The minimum atomic E-state index is -0.904. The second-order valence-electron chi connectivity index (χ2n) is 5.17. The molecule has 2 atom stereocenters. The van der Waals surface area contributed by atoms with Crippen molar-refractivity contribution in [2.45, 2.75) is 25.7 Å². The van der Waals surface area contributed by atoms with Gasteiger partial charge in [-0.15, -0.1) is 0 Å². The Labute approximate surface area is 109 Å². The lowest BCUT2D eigenvalue weighted by Crippen LogP contribution is -2.51. The molecule has 19 heavy (non-hydrogen) atoms. The highest BCUT2D eigenvalue weighted by Crippen LogP contribution is 2.30. The highest BCUT2D eigenvalue weighted by molar-refractivity contribution is 5.96. The molecule has 1 saturated heterocycles. The number of fused-ring (bicyclic) bond motifs is 2. The maximum Gasteiger partial charge on any atom is 0.276 e. The summed E-state index contributed by atoms with van der Waals surface area (Å²) in [5.41, 5.74) is -0.945. The third-order valence-corrected chi connectivity index (χ3v) is 3.89. The number of carbonyl (C=O) groups excluding carboxylic acids is 1. The standard InChI is InChI=1S/C12H15N3O4/c1-6-3-13(2)8-5-14-4-7(16)10(17)11(18)9(14)12(19)15(6)8/h4,6,8,16,18H,3,5H2,1-2H3/t6-,8?/m0/s1. The third kappa shape index (κ3) is 1.48. The van der Waals surface area contributed by atoms with Gasteiger partial charge in [-0.1, -0.05) is 0 Å². The van der Waals surface area contributed by atoms with Crippen LogP contribution in [0.25, 0.3) is 0 Å². The average molecular weight is 265 g/mol. The Bertz CT molecular complexity index is 624. The van der Waals surface area contributed by atoms with Crippen LogP contribution in [0.2, 0.25) is 0 Å². The minimum absolute atomic E-state index is 0.0274. The van der Waals surface area contributed by atoms with Crippen LogP contribution >= 0.6 is 0 Å². The van der Waals surface area contributed by atoms with E-state index in [1.54, 1.807) is 4.90 Å². The molecule has 1 aromatic heterocycles. The van der Waals surface area contributed by atoms with Crippen molar-refractivity contribution in [1.29, 1.82) is 0 Å². The van der Waals surface area contributed by atoms with Gasteiger partial charge in [-0.3, -0.25) is 14.5 Å². The first-order valence-electron chi connectivity index (χ1n) is 6.10. The molecule has 3 rings (SSSR count). The molecule has 7 heteroatoms. The largest absolute Gasteiger partial charge is 0.503 e. The molecule has 0 aliphatic carbocycles. The molecule has 3 heterocycles. The van der Waals surface area contributed by atoms with E-state index in [-0.39, 0.29) is 23.8 Å². The van der Waals surface area contributed by atoms with Gasteiger partial charge in [0.25, 0.3) is 11.3 Å². The van der Waals surface area contributed by atoms with Gasteiger partial charge in [0, 0.05) is 12.6 Å². The summed E-state index contributed by atoms with van der Waals surface area (Å²) in [6.45, 7) is 3.09. The topological polar surface area (TPSA) is 86.0 Å². The molecule has 0 saturated carbocycles. The maximum absolute atomic E-state index is 12.4. The predicted molar refractivity (Wildman–Crippen MR) is 66.1 cm³/mol. The molecule has 1 aromatic rings. The van der Waals surface area contributed by atoms with Gasteiger partial charge in [0.05, 0.1) is 12.7 Å².